The van der Waals surface area contributed by atoms with E-state index < -0.39 is 0 Å². The lowest BCUT2D eigenvalue weighted by Crippen LogP contribution is -1.92. The van der Waals surface area contributed by atoms with Crippen molar-refractivity contribution in [2.24, 2.45) is 0 Å². The van der Waals surface area contributed by atoms with Gasteiger partial charge < -0.3 is 0 Å². The van der Waals surface area contributed by atoms with Gasteiger partial charge >= 0.3 is 0 Å². The summed E-state index contributed by atoms with van der Waals surface area (Å²) in [7, 11) is 0. The molecule has 0 aromatic heterocycles. The summed E-state index contributed by atoms with van der Waals surface area (Å²) in [5, 5.41) is 2.65. The van der Waals surface area contributed by atoms with Crippen LogP contribution in [0, 0.1) is 0 Å². The normalized spacial score (nSPS) is 11.6. The average Bonchev–Trinajstić information content (AvgIpc) is 2.59. The van der Waals surface area contributed by atoms with Crippen molar-refractivity contribution in [1.29, 1.82) is 0 Å². The molecule has 0 saturated carbocycles. The van der Waals surface area contributed by atoms with E-state index in [-0.39, 0.29) is 0 Å². The second-order valence-electron chi connectivity index (χ2n) is 6.41. The predicted octanol–water partition coefficient (Wildman–Crippen LogP) is 6.61. The molecule has 116 valence electrons. The lowest BCUT2D eigenvalue weighted by atomic mass is 9.93. The lowest BCUT2D eigenvalue weighted by Gasteiger charge is -2.12. The van der Waals surface area contributed by atoms with Crippen LogP contribution in [0.1, 0.15) is 42.9 Å². The molecule has 0 heterocycles. The zero-order chi connectivity index (χ0) is 16.1. The number of allylic oxidation sites excluding steroid dienone is 1. The van der Waals surface area contributed by atoms with Crippen molar-refractivity contribution >= 4 is 16.8 Å². The Labute approximate surface area is 139 Å². The Kier molecular flexibility index (Phi) is 4.92. The van der Waals surface area contributed by atoms with Gasteiger partial charge in [-0.15, -0.1) is 0 Å². The minimum absolute atomic E-state index is 0.536. The maximum absolute atomic E-state index is 2.34. The Morgan fingerprint density at radius 3 is 2.17 bits per heavy atom. The third kappa shape index (κ3) is 3.90. The van der Waals surface area contributed by atoms with Gasteiger partial charge in [-0.05, 0) is 52.3 Å². The number of hydrogen-bond donors (Lipinski definition) is 0. The second kappa shape index (κ2) is 7.28. The topological polar surface area (TPSA) is 0 Å². The molecule has 0 atom stereocenters. The maximum Gasteiger partial charge on any atom is -0.0178 e. The third-order valence-electron chi connectivity index (χ3n) is 4.31. The molecule has 23 heavy (non-hydrogen) atoms. The molecule has 0 radical (unpaired) electrons. The first-order valence-electron chi connectivity index (χ1n) is 8.47. The Hall–Kier alpha value is -2.34. The second-order valence-corrected chi connectivity index (χ2v) is 6.41. The van der Waals surface area contributed by atoms with Crippen molar-refractivity contribution in [3.8, 4) is 0 Å². The molecule has 0 amide bonds. The van der Waals surface area contributed by atoms with Crippen LogP contribution in [0.3, 0.4) is 0 Å². The van der Waals surface area contributed by atoms with Crippen LogP contribution in [-0.2, 0) is 6.42 Å². The highest BCUT2D eigenvalue weighted by Gasteiger charge is 2.06. The summed E-state index contributed by atoms with van der Waals surface area (Å²) in [6.45, 7) is 4.54. The van der Waals surface area contributed by atoms with Crippen LogP contribution in [0.25, 0.3) is 16.8 Å². The zero-order valence-electron chi connectivity index (χ0n) is 14.0. The average molecular weight is 300 g/mol. The van der Waals surface area contributed by atoms with Gasteiger partial charge in [0.15, 0.2) is 0 Å². The highest BCUT2D eigenvalue weighted by molar-refractivity contribution is 5.86. The Balaban J connectivity index is 1.80. The number of hydrogen-bond acceptors (Lipinski definition) is 0. The summed E-state index contributed by atoms with van der Waals surface area (Å²) in [6.07, 6.45) is 6.78. The summed E-state index contributed by atoms with van der Waals surface area (Å²) in [6, 6.07) is 24.0. The molecule has 0 fully saturated rings. The summed E-state index contributed by atoms with van der Waals surface area (Å²) in [4.78, 5) is 0. The fourth-order valence-electron chi connectivity index (χ4n) is 3.02. The van der Waals surface area contributed by atoms with Crippen molar-refractivity contribution in [3.05, 3.63) is 89.5 Å². The maximum atomic E-state index is 2.34. The highest BCUT2D eigenvalue weighted by atomic mass is 14.1. The van der Waals surface area contributed by atoms with E-state index in [0.29, 0.717) is 5.92 Å². The molecule has 0 bridgehead atoms. The Morgan fingerprint density at radius 1 is 0.826 bits per heavy atom. The molecular weight excluding hydrogens is 276 g/mol. The van der Waals surface area contributed by atoms with E-state index >= 15 is 0 Å². The van der Waals surface area contributed by atoms with E-state index in [9.17, 15) is 0 Å². The first kappa shape index (κ1) is 15.6. The monoisotopic (exact) mass is 300 g/mol. The minimum atomic E-state index is 0.536. The molecule has 3 aromatic carbocycles. The molecule has 0 aliphatic heterocycles. The molecule has 0 unspecified atom stereocenters. The predicted molar refractivity (Wildman–Crippen MR) is 102 cm³/mol. The van der Waals surface area contributed by atoms with Gasteiger partial charge in [-0.2, -0.15) is 0 Å². The summed E-state index contributed by atoms with van der Waals surface area (Å²) in [5.41, 5.74) is 4.19. The SMILES string of the molecule is CC(C)c1cc2ccccc2cc1/C=C/CCc1ccccc1. The van der Waals surface area contributed by atoms with Crippen molar-refractivity contribution in [2.45, 2.75) is 32.6 Å². The van der Waals surface area contributed by atoms with E-state index in [4.69, 9.17) is 0 Å². The quantitative estimate of drug-likeness (QED) is 0.497. The van der Waals surface area contributed by atoms with E-state index in [0.717, 1.165) is 12.8 Å². The first-order valence-corrected chi connectivity index (χ1v) is 8.47. The van der Waals surface area contributed by atoms with Crippen molar-refractivity contribution in [1.82, 2.24) is 0 Å². The van der Waals surface area contributed by atoms with Gasteiger partial charge in [0.2, 0.25) is 0 Å². The van der Waals surface area contributed by atoms with Gasteiger partial charge in [0.25, 0.3) is 0 Å². The molecule has 0 spiro atoms. The minimum Gasteiger partial charge on any atom is -0.0836 e. The Bertz CT molecular complexity index is 795. The van der Waals surface area contributed by atoms with Gasteiger partial charge in [0, 0.05) is 0 Å². The number of rotatable bonds is 5. The molecule has 0 aliphatic rings. The van der Waals surface area contributed by atoms with Crippen LogP contribution in [0.4, 0.5) is 0 Å². The van der Waals surface area contributed by atoms with E-state index in [1.54, 1.807) is 0 Å². The Morgan fingerprint density at radius 2 is 1.48 bits per heavy atom. The number of aryl methyl sites for hydroxylation is 1. The van der Waals surface area contributed by atoms with Crippen molar-refractivity contribution in [3.63, 3.8) is 0 Å². The van der Waals surface area contributed by atoms with E-state index in [1.807, 2.05) is 0 Å². The largest absolute Gasteiger partial charge is 0.0836 e. The van der Waals surface area contributed by atoms with Gasteiger partial charge in [-0.1, -0.05) is 86.7 Å². The van der Waals surface area contributed by atoms with Crippen molar-refractivity contribution < 1.29 is 0 Å². The van der Waals surface area contributed by atoms with Crippen LogP contribution in [0.2, 0.25) is 0 Å². The van der Waals surface area contributed by atoms with Crippen LogP contribution < -0.4 is 0 Å². The smallest absolute Gasteiger partial charge is 0.0178 e. The molecule has 3 rings (SSSR count). The molecule has 0 aliphatic carbocycles. The first-order chi connectivity index (χ1) is 11.2. The molecule has 0 N–H and O–H groups in total. The molecule has 0 heteroatoms. The third-order valence-corrected chi connectivity index (χ3v) is 4.31. The number of benzene rings is 3. The van der Waals surface area contributed by atoms with Crippen molar-refractivity contribution in [2.75, 3.05) is 0 Å². The van der Waals surface area contributed by atoms with Crippen LogP contribution in [0.15, 0.2) is 72.8 Å². The molecular formula is C23H24. The highest BCUT2D eigenvalue weighted by Crippen LogP contribution is 2.27. The molecule has 0 saturated heterocycles. The molecule has 3 aromatic rings. The van der Waals surface area contributed by atoms with Gasteiger partial charge in [-0.25, -0.2) is 0 Å². The number of fused-ring (bicyclic) bond motifs is 1. The fourth-order valence-corrected chi connectivity index (χ4v) is 3.02. The van der Waals surface area contributed by atoms with E-state index in [1.165, 1.54) is 27.5 Å². The summed E-state index contributed by atoms with van der Waals surface area (Å²) >= 11 is 0. The van der Waals surface area contributed by atoms with Gasteiger partial charge in [0.05, 0.1) is 0 Å². The fraction of sp³-hybridized carbons (Fsp3) is 0.217. The van der Waals surface area contributed by atoms with Gasteiger partial charge in [0.1, 0.15) is 0 Å². The van der Waals surface area contributed by atoms with Crippen LogP contribution >= 0.6 is 0 Å². The van der Waals surface area contributed by atoms with E-state index in [2.05, 4.69) is 92.7 Å². The summed E-state index contributed by atoms with van der Waals surface area (Å²) in [5.74, 6) is 0.536. The molecule has 0 nitrogen and oxygen atoms in total. The standard InChI is InChI=1S/C23H24/c1-18(2)23-17-21-14-9-8-13-20(21)16-22(23)15-7-6-12-19-10-4-3-5-11-19/h3-5,7-11,13-18H,6,12H2,1-2H3/b15-7+. The van der Waals surface area contributed by atoms with Crippen LogP contribution in [0.5, 0.6) is 0 Å². The van der Waals surface area contributed by atoms with Gasteiger partial charge in [-0.3, -0.25) is 0 Å². The van der Waals surface area contributed by atoms with Crippen LogP contribution in [-0.4, -0.2) is 0 Å². The summed E-state index contributed by atoms with van der Waals surface area (Å²) < 4.78 is 0. The lowest BCUT2D eigenvalue weighted by molar-refractivity contribution is 0.866. The zero-order valence-corrected chi connectivity index (χ0v) is 14.0.